The normalized spacial score (nSPS) is 10.9. The van der Waals surface area contributed by atoms with Gasteiger partial charge in [-0.15, -0.1) is 15.3 Å². The molecule has 0 atom stereocenters. The van der Waals surface area contributed by atoms with Gasteiger partial charge in [-0.05, 0) is 38.0 Å². The SMILES string of the molecule is Cc1ccc(-n2nc(C)c(C(=O)Nc3nnc(Cc4ccccc4)s3)n2)c(C)c1. The summed E-state index contributed by atoms with van der Waals surface area (Å²) in [6.45, 7) is 5.80. The van der Waals surface area contributed by atoms with Crippen LogP contribution in [0.2, 0.25) is 0 Å². The molecule has 0 bridgehead atoms. The Labute approximate surface area is 172 Å². The highest BCUT2D eigenvalue weighted by Gasteiger charge is 2.19. The van der Waals surface area contributed by atoms with Gasteiger partial charge >= 0.3 is 0 Å². The maximum atomic E-state index is 12.7. The van der Waals surface area contributed by atoms with Crippen molar-refractivity contribution >= 4 is 22.4 Å². The van der Waals surface area contributed by atoms with E-state index in [4.69, 9.17) is 0 Å². The molecule has 0 radical (unpaired) electrons. The van der Waals surface area contributed by atoms with Gasteiger partial charge in [-0.2, -0.15) is 9.90 Å². The summed E-state index contributed by atoms with van der Waals surface area (Å²) in [7, 11) is 0. The summed E-state index contributed by atoms with van der Waals surface area (Å²) in [5.74, 6) is -0.346. The summed E-state index contributed by atoms with van der Waals surface area (Å²) in [5, 5.41) is 21.1. The van der Waals surface area contributed by atoms with E-state index in [1.165, 1.54) is 16.1 Å². The van der Waals surface area contributed by atoms with Gasteiger partial charge in [0.15, 0.2) is 5.69 Å². The lowest BCUT2D eigenvalue weighted by atomic mass is 10.1. The van der Waals surface area contributed by atoms with Crippen molar-refractivity contribution in [1.29, 1.82) is 0 Å². The molecule has 29 heavy (non-hydrogen) atoms. The quantitative estimate of drug-likeness (QED) is 0.545. The first-order chi connectivity index (χ1) is 14.0. The van der Waals surface area contributed by atoms with E-state index in [0.29, 0.717) is 17.2 Å². The molecule has 4 aromatic rings. The van der Waals surface area contributed by atoms with Crippen LogP contribution in [0, 0.1) is 20.8 Å². The molecule has 0 aliphatic rings. The largest absolute Gasteiger partial charge is 0.295 e. The Balaban J connectivity index is 1.50. The molecular formula is C21H20N6OS. The van der Waals surface area contributed by atoms with Gasteiger partial charge in [0, 0.05) is 6.42 Å². The van der Waals surface area contributed by atoms with E-state index in [2.05, 4.69) is 31.8 Å². The van der Waals surface area contributed by atoms with Crippen molar-refractivity contribution in [3.63, 3.8) is 0 Å². The molecule has 146 valence electrons. The van der Waals surface area contributed by atoms with Crippen molar-refractivity contribution in [2.45, 2.75) is 27.2 Å². The van der Waals surface area contributed by atoms with E-state index in [0.717, 1.165) is 27.4 Å². The lowest BCUT2D eigenvalue weighted by Crippen LogP contribution is -2.14. The third-order valence-electron chi connectivity index (χ3n) is 4.45. The minimum Gasteiger partial charge on any atom is -0.295 e. The van der Waals surface area contributed by atoms with Crippen molar-refractivity contribution in [1.82, 2.24) is 25.2 Å². The molecule has 2 heterocycles. The van der Waals surface area contributed by atoms with Gasteiger partial charge in [-0.25, -0.2) is 0 Å². The highest BCUT2D eigenvalue weighted by molar-refractivity contribution is 7.15. The van der Waals surface area contributed by atoms with E-state index < -0.39 is 0 Å². The molecule has 1 N–H and O–H groups in total. The van der Waals surface area contributed by atoms with Gasteiger partial charge in [0.2, 0.25) is 5.13 Å². The molecular weight excluding hydrogens is 384 g/mol. The van der Waals surface area contributed by atoms with Crippen LogP contribution in [0.1, 0.15) is 37.9 Å². The Bertz CT molecular complexity index is 1170. The van der Waals surface area contributed by atoms with Crippen LogP contribution in [0.5, 0.6) is 0 Å². The first kappa shape index (κ1) is 18.9. The van der Waals surface area contributed by atoms with Crippen molar-refractivity contribution < 1.29 is 4.79 Å². The monoisotopic (exact) mass is 404 g/mol. The highest BCUT2D eigenvalue weighted by atomic mass is 32.1. The van der Waals surface area contributed by atoms with Gasteiger partial charge in [0.25, 0.3) is 5.91 Å². The highest BCUT2D eigenvalue weighted by Crippen LogP contribution is 2.20. The molecule has 0 unspecified atom stereocenters. The summed E-state index contributed by atoms with van der Waals surface area (Å²) in [6.07, 6.45) is 0.677. The van der Waals surface area contributed by atoms with Crippen LogP contribution in [-0.2, 0) is 6.42 Å². The standard InChI is InChI=1S/C21H20N6OS/c1-13-9-10-17(14(2)11-13)27-25-15(3)19(26-27)20(28)22-21-24-23-18(29-21)12-16-7-5-4-6-8-16/h4-11H,12H2,1-3H3,(H,22,24,28). The van der Waals surface area contributed by atoms with Gasteiger partial charge in [-0.3, -0.25) is 10.1 Å². The topological polar surface area (TPSA) is 85.6 Å². The molecule has 2 aromatic heterocycles. The molecule has 2 aromatic carbocycles. The fourth-order valence-corrected chi connectivity index (χ4v) is 3.80. The third kappa shape index (κ3) is 4.22. The van der Waals surface area contributed by atoms with E-state index in [1.54, 1.807) is 6.92 Å². The molecule has 8 heteroatoms. The fourth-order valence-electron chi connectivity index (χ4n) is 3.03. The Hall–Kier alpha value is -3.39. The number of carbonyl (C=O) groups is 1. The van der Waals surface area contributed by atoms with Crippen molar-refractivity contribution in [3.05, 3.63) is 81.6 Å². The summed E-state index contributed by atoms with van der Waals surface area (Å²) >= 11 is 1.35. The van der Waals surface area contributed by atoms with E-state index in [9.17, 15) is 4.79 Å². The van der Waals surface area contributed by atoms with Crippen LogP contribution < -0.4 is 5.32 Å². The van der Waals surface area contributed by atoms with Crippen LogP contribution in [-0.4, -0.2) is 31.1 Å². The average Bonchev–Trinajstić information content (AvgIpc) is 3.29. The minimum absolute atomic E-state index is 0.268. The van der Waals surface area contributed by atoms with E-state index in [-0.39, 0.29) is 11.6 Å². The summed E-state index contributed by atoms with van der Waals surface area (Å²) < 4.78 is 0. The first-order valence-corrected chi connectivity index (χ1v) is 10.0. The Morgan fingerprint density at radius 3 is 2.59 bits per heavy atom. The number of carbonyl (C=O) groups excluding carboxylic acids is 1. The maximum Gasteiger partial charge on any atom is 0.279 e. The van der Waals surface area contributed by atoms with Crippen LogP contribution in [0.25, 0.3) is 5.69 Å². The number of rotatable bonds is 5. The van der Waals surface area contributed by atoms with Crippen LogP contribution in [0.15, 0.2) is 48.5 Å². The molecule has 0 fully saturated rings. The van der Waals surface area contributed by atoms with E-state index in [1.807, 2.05) is 56.3 Å². The number of nitrogens with zero attached hydrogens (tertiary/aromatic N) is 5. The lowest BCUT2D eigenvalue weighted by molar-refractivity contribution is 0.102. The number of hydrogen-bond donors (Lipinski definition) is 1. The maximum absolute atomic E-state index is 12.7. The van der Waals surface area contributed by atoms with Gasteiger partial charge in [0.05, 0.1) is 11.4 Å². The third-order valence-corrected chi connectivity index (χ3v) is 5.29. The number of nitrogens with one attached hydrogen (secondary N) is 1. The van der Waals surface area contributed by atoms with Crippen LogP contribution >= 0.6 is 11.3 Å². The van der Waals surface area contributed by atoms with Gasteiger partial charge in [-0.1, -0.05) is 59.4 Å². The summed E-state index contributed by atoms with van der Waals surface area (Å²) in [4.78, 5) is 14.2. The van der Waals surface area contributed by atoms with E-state index >= 15 is 0 Å². The number of anilines is 1. The predicted molar refractivity (Wildman–Crippen MR) is 113 cm³/mol. The van der Waals surface area contributed by atoms with Gasteiger partial charge < -0.3 is 0 Å². The second-order valence-electron chi connectivity index (χ2n) is 6.83. The minimum atomic E-state index is -0.346. The number of aryl methyl sites for hydroxylation is 3. The Morgan fingerprint density at radius 2 is 1.83 bits per heavy atom. The zero-order valence-electron chi connectivity index (χ0n) is 16.4. The Kier molecular flexibility index (Phi) is 5.18. The first-order valence-electron chi connectivity index (χ1n) is 9.19. The molecule has 4 rings (SSSR count). The predicted octanol–water partition coefficient (Wildman–Crippen LogP) is 3.89. The zero-order valence-corrected chi connectivity index (χ0v) is 17.2. The molecule has 1 amide bonds. The number of benzene rings is 2. The molecule has 0 spiro atoms. The van der Waals surface area contributed by atoms with Gasteiger partial charge in [0.1, 0.15) is 5.01 Å². The summed E-state index contributed by atoms with van der Waals surface area (Å²) in [6, 6.07) is 16.0. The molecule has 0 aliphatic carbocycles. The number of hydrogen-bond acceptors (Lipinski definition) is 6. The van der Waals surface area contributed by atoms with Crippen molar-refractivity contribution in [3.8, 4) is 5.69 Å². The van der Waals surface area contributed by atoms with Crippen LogP contribution in [0.4, 0.5) is 5.13 Å². The molecule has 0 aliphatic heterocycles. The second kappa shape index (κ2) is 7.92. The second-order valence-corrected chi connectivity index (χ2v) is 7.89. The lowest BCUT2D eigenvalue weighted by Gasteiger charge is -2.04. The molecule has 0 saturated carbocycles. The number of amides is 1. The molecule has 7 nitrogen and oxygen atoms in total. The van der Waals surface area contributed by atoms with Crippen molar-refractivity contribution in [2.24, 2.45) is 0 Å². The Morgan fingerprint density at radius 1 is 1.03 bits per heavy atom. The smallest absolute Gasteiger partial charge is 0.279 e. The average molecular weight is 404 g/mol. The summed E-state index contributed by atoms with van der Waals surface area (Å²) in [5.41, 5.74) is 5.02. The molecule has 0 saturated heterocycles. The van der Waals surface area contributed by atoms with Crippen LogP contribution in [0.3, 0.4) is 0 Å². The fraction of sp³-hybridized carbons (Fsp3) is 0.190. The zero-order chi connectivity index (χ0) is 20.4. The number of aromatic nitrogens is 5. The van der Waals surface area contributed by atoms with Crippen molar-refractivity contribution in [2.75, 3.05) is 5.32 Å².